The third-order valence-corrected chi connectivity index (χ3v) is 2.23. The second-order valence-electron chi connectivity index (χ2n) is 2.38. The maximum Gasteiger partial charge on any atom is 0.259 e. The molecule has 12 heavy (non-hydrogen) atoms. The summed E-state index contributed by atoms with van der Waals surface area (Å²) in [5.74, 6) is 0. The van der Waals surface area contributed by atoms with E-state index in [1.54, 1.807) is 6.20 Å². The summed E-state index contributed by atoms with van der Waals surface area (Å²) in [4.78, 5) is 4.96. The maximum absolute atomic E-state index is 5.46. The van der Waals surface area contributed by atoms with Crippen LogP contribution < -0.4 is 5.14 Å². The molecule has 5 heteroatoms. The van der Waals surface area contributed by atoms with Crippen LogP contribution in [0.4, 0.5) is 0 Å². The van der Waals surface area contributed by atoms with Crippen molar-refractivity contribution in [2.24, 2.45) is 5.14 Å². The van der Waals surface area contributed by atoms with Crippen LogP contribution in [-0.2, 0) is 0 Å². The second-order valence-corrected chi connectivity index (χ2v) is 3.05. The normalized spacial score (nSPS) is 10.8. The lowest BCUT2D eigenvalue weighted by Gasteiger charge is -1.94. The Balaban J connectivity index is 2.84. The molecule has 2 aromatic heterocycles. The first-order valence-corrected chi connectivity index (χ1v) is 4.28. The van der Waals surface area contributed by atoms with E-state index in [0.29, 0.717) is 5.71 Å². The SMILES string of the molecule is Cc1noc2nccc(SN)c12. The molecule has 0 aliphatic rings. The van der Waals surface area contributed by atoms with Crippen molar-refractivity contribution in [3.05, 3.63) is 18.0 Å². The molecule has 0 atom stereocenters. The average Bonchev–Trinajstić information content (AvgIpc) is 2.48. The zero-order chi connectivity index (χ0) is 8.55. The van der Waals surface area contributed by atoms with E-state index < -0.39 is 0 Å². The molecule has 0 unspecified atom stereocenters. The van der Waals surface area contributed by atoms with Gasteiger partial charge in [-0.2, -0.15) is 0 Å². The number of pyridine rings is 1. The molecule has 2 heterocycles. The summed E-state index contributed by atoms with van der Waals surface area (Å²) >= 11 is 1.18. The van der Waals surface area contributed by atoms with Crippen molar-refractivity contribution in [2.45, 2.75) is 11.8 Å². The van der Waals surface area contributed by atoms with Crippen molar-refractivity contribution >= 4 is 23.0 Å². The first-order valence-electron chi connectivity index (χ1n) is 3.40. The highest BCUT2D eigenvalue weighted by Gasteiger charge is 2.08. The van der Waals surface area contributed by atoms with E-state index in [1.165, 1.54) is 11.9 Å². The molecule has 0 aromatic carbocycles. The Morgan fingerprint density at radius 1 is 1.58 bits per heavy atom. The molecule has 62 valence electrons. The van der Waals surface area contributed by atoms with Crippen LogP contribution in [0, 0.1) is 6.92 Å². The fourth-order valence-corrected chi connectivity index (χ4v) is 1.58. The molecule has 0 bridgehead atoms. The van der Waals surface area contributed by atoms with Crippen molar-refractivity contribution in [3.8, 4) is 0 Å². The van der Waals surface area contributed by atoms with Crippen LogP contribution in [0.15, 0.2) is 21.7 Å². The van der Waals surface area contributed by atoms with Gasteiger partial charge in [0.2, 0.25) is 0 Å². The van der Waals surface area contributed by atoms with E-state index in [2.05, 4.69) is 10.1 Å². The van der Waals surface area contributed by atoms with Crippen molar-refractivity contribution in [2.75, 3.05) is 0 Å². The van der Waals surface area contributed by atoms with Crippen molar-refractivity contribution in [1.29, 1.82) is 0 Å². The number of fused-ring (bicyclic) bond motifs is 1. The van der Waals surface area contributed by atoms with E-state index >= 15 is 0 Å². The largest absolute Gasteiger partial charge is 0.336 e. The summed E-state index contributed by atoms with van der Waals surface area (Å²) in [5, 5.41) is 10.2. The highest BCUT2D eigenvalue weighted by atomic mass is 32.2. The molecule has 2 N–H and O–H groups in total. The second kappa shape index (κ2) is 2.76. The molecule has 0 radical (unpaired) electrons. The predicted molar refractivity (Wildman–Crippen MR) is 46.6 cm³/mol. The Morgan fingerprint density at radius 2 is 2.42 bits per heavy atom. The maximum atomic E-state index is 5.46. The summed E-state index contributed by atoms with van der Waals surface area (Å²) in [6.07, 6.45) is 1.65. The van der Waals surface area contributed by atoms with Gasteiger partial charge in [0.05, 0.1) is 11.1 Å². The Labute approximate surface area is 73.3 Å². The minimum absolute atomic E-state index is 0.544. The Kier molecular flexibility index (Phi) is 1.74. The van der Waals surface area contributed by atoms with Gasteiger partial charge in [-0.05, 0) is 24.9 Å². The van der Waals surface area contributed by atoms with Gasteiger partial charge in [0.15, 0.2) is 0 Å². The molecule has 0 saturated heterocycles. The van der Waals surface area contributed by atoms with Gasteiger partial charge in [0, 0.05) is 11.1 Å². The molecule has 0 fully saturated rings. The molecule has 4 nitrogen and oxygen atoms in total. The van der Waals surface area contributed by atoms with Crippen LogP contribution in [0.2, 0.25) is 0 Å². The van der Waals surface area contributed by atoms with E-state index in [-0.39, 0.29) is 0 Å². The Hall–Kier alpha value is -1.07. The molecule has 2 rings (SSSR count). The van der Waals surface area contributed by atoms with Crippen molar-refractivity contribution < 1.29 is 4.52 Å². The molecule has 0 amide bonds. The molecular formula is C7H7N3OS. The van der Waals surface area contributed by atoms with E-state index in [1.807, 2.05) is 13.0 Å². The molecule has 0 saturated carbocycles. The van der Waals surface area contributed by atoms with Crippen LogP contribution in [0.3, 0.4) is 0 Å². The molecule has 0 spiro atoms. The number of nitrogens with zero attached hydrogens (tertiary/aromatic N) is 2. The lowest BCUT2D eigenvalue weighted by atomic mass is 10.3. The third kappa shape index (κ3) is 0.981. The smallest absolute Gasteiger partial charge is 0.259 e. The van der Waals surface area contributed by atoms with E-state index in [9.17, 15) is 0 Å². The monoisotopic (exact) mass is 181 g/mol. The number of aryl methyl sites for hydroxylation is 1. The van der Waals surface area contributed by atoms with Crippen LogP contribution in [0.1, 0.15) is 5.69 Å². The first kappa shape index (κ1) is 7.57. The highest BCUT2D eigenvalue weighted by molar-refractivity contribution is 7.97. The van der Waals surface area contributed by atoms with Gasteiger partial charge < -0.3 is 4.52 Å². The average molecular weight is 181 g/mol. The van der Waals surface area contributed by atoms with Gasteiger partial charge in [-0.3, -0.25) is 5.14 Å². The number of hydrogen-bond donors (Lipinski definition) is 1. The molecule has 2 aromatic rings. The molecule has 0 aliphatic carbocycles. The van der Waals surface area contributed by atoms with Gasteiger partial charge in [-0.15, -0.1) is 0 Å². The summed E-state index contributed by atoms with van der Waals surface area (Å²) in [7, 11) is 0. The quantitative estimate of drug-likeness (QED) is 0.675. The summed E-state index contributed by atoms with van der Waals surface area (Å²) in [5.41, 5.74) is 1.37. The van der Waals surface area contributed by atoms with Crippen molar-refractivity contribution in [3.63, 3.8) is 0 Å². The van der Waals surface area contributed by atoms with Gasteiger partial charge in [-0.1, -0.05) is 5.16 Å². The number of aromatic nitrogens is 2. The summed E-state index contributed by atoms with van der Waals surface area (Å²) in [6.45, 7) is 1.87. The number of rotatable bonds is 1. The molecular weight excluding hydrogens is 174 g/mol. The summed E-state index contributed by atoms with van der Waals surface area (Å²) < 4.78 is 4.96. The van der Waals surface area contributed by atoms with Crippen LogP contribution >= 0.6 is 11.9 Å². The highest BCUT2D eigenvalue weighted by Crippen LogP contribution is 2.25. The zero-order valence-corrected chi connectivity index (χ0v) is 7.26. The van der Waals surface area contributed by atoms with E-state index in [0.717, 1.165) is 16.0 Å². The minimum Gasteiger partial charge on any atom is -0.336 e. The van der Waals surface area contributed by atoms with Crippen LogP contribution in [0.5, 0.6) is 0 Å². The fourth-order valence-electron chi connectivity index (χ4n) is 1.08. The van der Waals surface area contributed by atoms with Gasteiger partial charge in [-0.25, -0.2) is 4.98 Å². The van der Waals surface area contributed by atoms with E-state index in [4.69, 9.17) is 9.66 Å². The van der Waals surface area contributed by atoms with Gasteiger partial charge in [0.1, 0.15) is 0 Å². The Bertz CT molecular complexity index is 412. The minimum atomic E-state index is 0.544. The number of nitrogens with two attached hydrogens (primary N) is 1. The van der Waals surface area contributed by atoms with Gasteiger partial charge in [0.25, 0.3) is 5.71 Å². The topological polar surface area (TPSA) is 64.9 Å². The first-order chi connectivity index (χ1) is 5.83. The zero-order valence-electron chi connectivity index (χ0n) is 6.44. The van der Waals surface area contributed by atoms with Crippen LogP contribution in [-0.4, -0.2) is 10.1 Å². The fraction of sp³-hybridized carbons (Fsp3) is 0.143. The predicted octanol–water partition coefficient (Wildman–Crippen LogP) is 1.50. The lowest BCUT2D eigenvalue weighted by Crippen LogP contribution is -1.83. The van der Waals surface area contributed by atoms with Gasteiger partial charge >= 0.3 is 0 Å². The van der Waals surface area contributed by atoms with Crippen molar-refractivity contribution in [1.82, 2.24) is 10.1 Å². The standard InChI is InChI=1S/C7H7N3OS/c1-4-6-5(12-8)2-3-9-7(6)11-10-4/h2-3H,8H2,1H3. The number of hydrogen-bond acceptors (Lipinski definition) is 5. The third-order valence-electron chi connectivity index (χ3n) is 1.64. The lowest BCUT2D eigenvalue weighted by molar-refractivity contribution is 0.443. The molecule has 0 aliphatic heterocycles. The van der Waals surface area contributed by atoms with Crippen LogP contribution in [0.25, 0.3) is 11.1 Å². The Morgan fingerprint density at radius 3 is 3.17 bits per heavy atom. The summed E-state index contributed by atoms with van der Waals surface area (Å²) in [6, 6.07) is 1.84.